The Hall–Kier alpha value is -1.43. The first-order chi connectivity index (χ1) is 10.1. The van der Waals surface area contributed by atoms with Crippen molar-refractivity contribution in [3.05, 3.63) is 52.1 Å². The molecular weight excluding hydrogens is 293 g/mol. The maximum absolute atomic E-state index is 13.2. The SMILES string of the molecule is Cc1[nH]ncc1CN1CCOC(c2ccc(F)c(Cl)c2)C1. The van der Waals surface area contributed by atoms with Crippen LogP contribution in [0.5, 0.6) is 0 Å². The molecule has 0 aliphatic carbocycles. The van der Waals surface area contributed by atoms with Crippen molar-refractivity contribution in [2.24, 2.45) is 0 Å². The van der Waals surface area contributed by atoms with Gasteiger partial charge in [-0.3, -0.25) is 10.00 Å². The quantitative estimate of drug-likeness (QED) is 0.947. The summed E-state index contributed by atoms with van der Waals surface area (Å²) < 4.78 is 19.0. The lowest BCUT2D eigenvalue weighted by Crippen LogP contribution is -2.37. The summed E-state index contributed by atoms with van der Waals surface area (Å²) >= 11 is 5.85. The Balaban J connectivity index is 1.70. The van der Waals surface area contributed by atoms with Crippen LogP contribution >= 0.6 is 11.6 Å². The second-order valence-corrected chi connectivity index (χ2v) is 5.70. The van der Waals surface area contributed by atoms with Crippen molar-refractivity contribution < 1.29 is 9.13 Å². The van der Waals surface area contributed by atoms with Gasteiger partial charge in [0, 0.05) is 30.9 Å². The molecule has 1 aromatic heterocycles. The largest absolute Gasteiger partial charge is 0.371 e. The highest BCUT2D eigenvalue weighted by molar-refractivity contribution is 6.30. The predicted molar refractivity (Wildman–Crippen MR) is 78.7 cm³/mol. The molecule has 0 spiro atoms. The fourth-order valence-corrected chi connectivity index (χ4v) is 2.73. The highest BCUT2D eigenvalue weighted by Gasteiger charge is 2.23. The van der Waals surface area contributed by atoms with E-state index in [9.17, 15) is 4.39 Å². The van der Waals surface area contributed by atoms with Gasteiger partial charge in [-0.2, -0.15) is 5.10 Å². The third-order valence-corrected chi connectivity index (χ3v) is 4.08. The number of hydrogen-bond acceptors (Lipinski definition) is 3. The van der Waals surface area contributed by atoms with E-state index in [1.54, 1.807) is 12.1 Å². The molecule has 1 atom stereocenters. The van der Waals surface area contributed by atoms with Crippen molar-refractivity contribution >= 4 is 11.6 Å². The molecule has 1 fully saturated rings. The van der Waals surface area contributed by atoms with Gasteiger partial charge in [0.25, 0.3) is 0 Å². The van der Waals surface area contributed by atoms with Gasteiger partial charge >= 0.3 is 0 Å². The summed E-state index contributed by atoms with van der Waals surface area (Å²) in [4.78, 5) is 2.31. The summed E-state index contributed by atoms with van der Waals surface area (Å²) in [5.74, 6) is -0.401. The van der Waals surface area contributed by atoms with Crippen LogP contribution in [-0.2, 0) is 11.3 Å². The third kappa shape index (κ3) is 3.26. The number of benzene rings is 1. The number of H-pyrrole nitrogens is 1. The van der Waals surface area contributed by atoms with Gasteiger partial charge in [0.2, 0.25) is 0 Å². The molecule has 6 heteroatoms. The van der Waals surface area contributed by atoms with E-state index in [1.807, 2.05) is 13.1 Å². The summed E-state index contributed by atoms with van der Waals surface area (Å²) in [5, 5.41) is 7.13. The molecule has 0 saturated carbocycles. The summed E-state index contributed by atoms with van der Waals surface area (Å²) in [6.07, 6.45) is 1.78. The molecule has 1 aliphatic rings. The van der Waals surface area contributed by atoms with E-state index in [0.29, 0.717) is 6.61 Å². The molecule has 0 bridgehead atoms. The number of aryl methyl sites for hydroxylation is 1. The number of aromatic nitrogens is 2. The zero-order valence-electron chi connectivity index (χ0n) is 11.8. The molecule has 0 amide bonds. The van der Waals surface area contributed by atoms with Gasteiger partial charge in [-0.15, -0.1) is 0 Å². The second kappa shape index (κ2) is 6.13. The summed E-state index contributed by atoms with van der Waals surface area (Å²) in [5.41, 5.74) is 3.19. The minimum Gasteiger partial charge on any atom is -0.371 e. The van der Waals surface area contributed by atoms with Gasteiger partial charge in [0.1, 0.15) is 5.82 Å². The van der Waals surface area contributed by atoms with E-state index in [0.717, 1.165) is 30.9 Å². The van der Waals surface area contributed by atoms with Crippen molar-refractivity contribution in [1.82, 2.24) is 15.1 Å². The molecule has 21 heavy (non-hydrogen) atoms. The lowest BCUT2D eigenvalue weighted by molar-refractivity contribution is -0.0330. The maximum Gasteiger partial charge on any atom is 0.141 e. The molecule has 1 saturated heterocycles. The van der Waals surface area contributed by atoms with Crippen LogP contribution in [0.3, 0.4) is 0 Å². The number of halogens is 2. The first-order valence-corrected chi connectivity index (χ1v) is 7.29. The van der Waals surface area contributed by atoms with E-state index >= 15 is 0 Å². The van der Waals surface area contributed by atoms with E-state index in [-0.39, 0.29) is 11.1 Å². The van der Waals surface area contributed by atoms with E-state index < -0.39 is 5.82 Å². The number of nitrogens with one attached hydrogen (secondary N) is 1. The van der Waals surface area contributed by atoms with Gasteiger partial charge in [-0.05, 0) is 24.6 Å². The Kier molecular flexibility index (Phi) is 4.24. The lowest BCUT2D eigenvalue weighted by atomic mass is 10.1. The zero-order chi connectivity index (χ0) is 14.8. The van der Waals surface area contributed by atoms with Crippen molar-refractivity contribution in [1.29, 1.82) is 0 Å². The monoisotopic (exact) mass is 309 g/mol. The fourth-order valence-electron chi connectivity index (χ4n) is 2.54. The molecule has 2 heterocycles. The zero-order valence-corrected chi connectivity index (χ0v) is 12.5. The van der Waals surface area contributed by atoms with Crippen LogP contribution in [0.15, 0.2) is 24.4 Å². The Bertz CT molecular complexity index is 631. The molecule has 1 aliphatic heterocycles. The van der Waals surface area contributed by atoms with Crippen LogP contribution in [0.4, 0.5) is 4.39 Å². The van der Waals surface area contributed by atoms with Crippen LogP contribution in [0.1, 0.15) is 22.9 Å². The number of aromatic amines is 1. The van der Waals surface area contributed by atoms with Crippen molar-refractivity contribution in [2.45, 2.75) is 19.6 Å². The molecule has 1 unspecified atom stereocenters. The van der Waals surface area contributed by atoms with Crippen molar-refractivity contribution in [2.75, 3.05) is 19.7 Å². The first kappa shape index (κ1) is 14.5. The molecule has 3 rings (SSSR count). The fraction of sp³-hybridized carbons (Fsp3) is 0.400. The van der Waals surface area contributed by atoms with Crippen molar-refractivity contribution in [3.8, 4) is 0 Å². The van der Waals surface area contributed by atoms with Crippen LogP contribution in [0, 0.1) is 12.7 Å². The maximum atomic E-state index is 13.2. The molecule has 112 valence electrons. The molecule has 4 nitrogen and oxygen atoms in total. The van der Waals surface area contributed by atoms with Crippen LogP contribution < -0.4 is 0 Å². The molecule has 1 N–H and O–H groups in total. The van der Waals surface area contributed by atoms with Crippen LogP contribution in [0.25, 0.3) is 0 Å². The van der Waals surface area contributed by atoms with Gasteiger partial charge in [0.05, 0.1) is 23.9 Å². The Labute approximate surface area is 127 Å². The topological polar surface area (TPSA) is 41.2 Å². The highest BCUT2D eigenvalue weighted by Crippen LogP contribution is 2.26. The standard InChI is InChI=1S/C15H17ClFN3O/c1-10-12(7-18-19-10)8-20-4-5-21-15(9-20)11-2-3-14(17)13(16)6-11/h2-3,6-7,15H,4-5,8-9H2,1H3,(H,18,19). The van der Waals surface area contributed by atoms with Crippen LogP contribution in [-0.4, -0.2) is 34.8 Å². The van der Waals surface area contributed by atoms with Gasteiger partial charge in [-0.1, -0.05) is 17.7 Å². The summed E-state index contributed by atoms with van der Waals surface area (Å²) in [6.45, 7) is 5.12. The average Bonchev–Trinajstić information content (AvgIpc) is 2.88. The summed E-state index contributed by atoms with van der Waals surface area (Å²) in [6, 6.07) is 4.77. The Morgan fingerprint density at radius 3 is 3.10 bits per heavy atom. The van der Waals surface area contributed by atoms with E-state index in [2.05, 4.69) is 15.1 Å². The minimum absolute atomic E-state index is 0.0796. The number of ether oxygens (including phenoxy) is 1. The number of hydrogen-bond donors (Lipinski definition) is 1. The van der Waals surface area contributed by atoms with Gasteiger partial charge < -0.3 is 4.74 Å². The highest BCUT2D eigenvalue weighted by atomic mass is 35.5. The van der Waals surface area contributed by atoms with E-state index in [1.165, 1.54) is 11.6 Å². The number of morpholine rings is 1. The number of nitrogens with zero attached hydrogens (tertiary/aromatic N) is 2. The second-order valence-electron chi connectivity index (χ2n) is 5.29. The minimum atomic E-state index is -0.401. The van der Waals surface area contributed by atoms with Gasteiger partial charge in [-0.25, -0.2) is 4.39 Å². The van der Waals surface area contributed by atoms with E-state index in [4.69, 9.17) is 16.3 Å². The molecule has 1 aromatic carbocycles. The molecule has 0 radical (unpaired) electrons. The number of rotatable bonds is 3. The Morgan fingerprint density at radius 2 is 2.38 bits per heavy atom. The van der Waals surface area contributed by atoms with Gasteiger partial charge in [0.15, 0.2) is 0 Å². The predicted octanol–water partition coefficient (Wildman–Crippen LogP) is 3.08. The smallest absolute Gasteiger partial charge is 0.141 e. The van der Waals surface area contributed by atoms with Crippen molar-refractivity contribution in [3.63, 3.8) is 0 Å². The third-order valence-electron chi connectivity index (χ3n) is 3.79. The lowest BCUT2D eigenvalue weighted by Gasteiger charge is -2.33. The normalized spacial score (nSPS) is 19.9. The average molecular weight is 310 g/mol. The molecular formula is C15H17ClFN3O. The Morgan fingerprint density at radius 1 is 1.52 bits per heavy atom. The molecule has 2 aromatic rings. The summed E-state index contributed by atoms with van der Waals surface area (Å²) in [7, 11) is 0. The first-order valence-electron chi connectivity index (χ1n) is 6.91. The van der Waals surface area contributed by atoms with Crippen LogP contribution in [0.2, 0.25) is 5.02 Å².